The summed E-state index contributed by atoms with van der Waals surface area (Å²) in [5.74, 6) is 0. The Morgan fingerprint density at radius 3 is 2.19 bits per heavy atom. The van der Waals surface area contributed by atoms with Crippen LogP contribution < -0.4 is 0 Å². The zero-order chi connectivity index (χ0) is 14.2. The van der Waals surface area contributed by atoms with Crippen molar-refractivity contribution in [1.29, 1.82) is 0 Å². The minimum Gasteiger partial charge on any atom is -0.326 e. The monoisotopic (exact) mass is 274 g/mol. The van der Waals surface area contributed by atoms with Crippen molar-refractivity contribution in [3.8, 4) is 11.1 Å². The van der Waals surface area contributed by atoms with Crippen molar-refractivity contribution < 1.29 is 0 Å². The molecule has 2 heteroatoms. The fourth-order valence-corrected chi connectivity index (χ4v) is 3.36. The van der Waals surface area contributed by atoms with E-state index in [4.69, 9.17) is 0 Å². The summed E-state index contributed by atoms with van der Waals surface area (Å²) in [4.78, 5) is 4.56. The molecule has 0 radical (unpaired) electrons. The molecule has 1 heterocycles. The van der Waals surface area contributed by atoms with Crippen LogP contribution in [0.3, 0.4) is 0 Å². The first kappa shape index (κ1) is 12.4. The lowest BCUT2D eigenvalue weighted by Crippen LogP contribution is -2.07. The molecule has 0 atom stereocenters. The van der Waals surface area contributed by atoms with Gasteiger partial charge in [0.1, 0.15) is 0 Å². The van der Waals surface area contributed by atoms with Crippen molar-refractivity contribution in [1.82, 2.24) is 9.55 Å². The summed E-state index contributed by atoms with van der Waals surface area (Å²) in [7, 11) is 0. The van der Waals surface area contributed by atoms with Crippen LogP contribution in [0, 0.1) is 0 Å². The molecule has 0 fully saturated rings. The Labute approximate surface area is 125 Å². The number of fused-ring (bicyclic) bond motifs is 3. The molecule has 0 spiro atoms. The first-order chi connectivity index (χ1) is 10.4. The highest BCUT2D eigenvalue weighted by Gasteiger charge is 2.29. The maximum atomic E-state index is 4.56. The maximum absolute atomic E-state index is 4.56. The van der Waals surface area contributed by atoms with E-state index in [0.29, 0.717) is 0 Å². The van der Waals surface area contributed by atoms with Gasteiger partial charge in [0, 0.05) is 6.20 Å². The first-order valence-corrected chi connectivity index (χ1v) is 7.59. The summed E-state index contributed by atoms with van der Waals surface area (Å²) in [6, 6.07) is 17.7. The van der Waals surface area contributed by atoms with Crippen LogP contribution in [0.1, 0.15) is 36.2 Å². The van der Waals surface area contributed by atoms with E-state index in [1.54, 1.807) is 0 Å². The SMILES string of the molecule is CCCc1cn(C2c3ccccc3-c3ccccc32)cn1. The number of imidazole rings is 1. The molecule has 1 aromatic heterocycles. The highest BCUT2D eigenvalue weighted by molar-refractivity contribution is 5.78. The smallest absolute Gasteiger partial charge is 0.0957 e. The third kappa shape index (κ3) is 1.90. The lowest BCUT2D eigenvalue weighted by molar-refractivity contribution is 0.690. The summed E-state index contributed by atoms with van der Waals surface area (Å²) in [6.07, 6.45) is 6.36. The molecule has 1 aliphatic rings. The molecule has 1 aliphatic carbocycles. The number of hydrogen-bond donors (Lipinski definition) is 0. The molecule has 0 aliphatic heterocycles. The van der Waals surface area contributed by atoms with Crippen LogP contribution >= 0.6 is 0 Å². The van der Waals surface area contributed by atoms with Gasteiger partial charge in [0.15, 0.2) is 0 Å². The van der Waals surface area contributed by atoms with E-state index in [9.17, 15) is 0 Å². The topological polar surface area (TPSA) is 17.8 Å². The van der Waals surface area contributed by atoms with Crippen LogP contribution in [-0.4, -0.2) is 9.55 Å². The van der Waals surface area contributed by atoms with Gasteiger partial charge < -0.3 is 4.57 Å². The molecular weight excluding hydrogens is 256 g/mol. The van der Waals surface area contributed by atoms with Gasteiger partial charge >= 0.3 is 0 Å². The summed E-state index contributed by atoms with van der Waals surface area (Å²) >= 11 is 0. The molecule has 21 heavy (non-hydrogen) atoms. The number of nitrogens with zero attached hydrogens (tertiary/aromatic N) is 2. The minimum absolute atomic E-state index is 0.260. The fourth-order valence-electron chi connectivity index (χ4n) is 3.36. The van der Waals surface area contributed by atoms with Crippen molar-refractivity contribution in [3.05, 3.63) is 77.9 Å². The second-order valence-electron chi connectivity index (χ2n) is 5.64. The Morgan fingerprint density at radius 2 is 1.57 bits per heavy atom. The number of aromatic nitrogens is 2. The van der Waals surface area contributed by atoms with E-state index < -0.39 is 0 Å². The zero-order valence-corrected chi connectivity index (χ0v) is 12.2. The lowest BCUT2D eigenvalue weighted by atomic mass is 10.1. The maximum Gasteiger partial charge on any atom is 0.0957 e. The molecule has 0 saturated heterocycles. The number of hydrogen-bond acceptors (Lipinski definition) is 1. The van der Waals surface area contributed by atoms with Gasteiger partial charge in [-0.3, -0.25) is 0 Å². The van der Waals surface area contributed by atoms with Crippen molar-refractivity contribution in [2.75, 3.05) is 0 Å². The van der Waals surface area contributed by atoms with Crippen molar-refractivity contribution >= 4 is 0 Å². The quantitative estimate of drug-likeness (QED) is 0.539. The molecule has 0 bridgehead atoms. The zero-order valence-electron chi connectivity index (χ0n) is 12.2. The normalized spacial score (nSPS) is 13.2. The average molecular weight is 274 g/mol. The fraction of sp³-hybridized carbons (Fsp3) is 0.211. The highest BCUT2D eigenvalue weighted by Crippen LogP contribution is 2.45. The number of benzene rings is 2. The molecule has 4 rings (SSSR count). The standard InChI is InChI=1S/C19H18N2/c1-2-7-14-12-21(13-20-14)19-17-10-5-3-8-15(17)16-9-4-6-11-18(16)19/h3-6,8-13,19H,2,7H2,1H3. The summed E-state index contributed by atoms with van der Waals surface area (Å²) in [6.45, 7) is 2.19. The van der Waals surface area contributed by atoms with Crippen molar-refractivity contribution in [2.24, 2.45) is 0 Å². The van der Waals surface area contributed by atoms with Crippen LogP contribution in [0.4, 0.5) is 0 Å². The third-order valence-electron chi connectivity index (χ3n) is 4.26. The van der Waals surface area contributed by atoms with Crippen LogP contribution in [0.15, 0.2) is 61.1 Å². The van der Waals surface area contributed by atoms with Gasteiger partial charge in [-0.1, -0.05) is 61.9 Å². The van der Waals surface area contributed by atoms with E-state index in [1.807, 2.05) is 6.33 Å². The van der Waals surface area contributed by atoms with Crippen LogP contribution in [-0.2, 0) is 6.42 Å². The molecule has 2 nitrogen and oxygen atoms in total. The molecular formula is C19H18N2. The predicted molar refractivity (Wildman–Crippen MR) is 85.3 cm³/mol. The number of aryl methyl sites for hydroxylation is 1. The van der Waals surface area contributed by atoms with Crippen molar-refractivity contribution in [2.45, 2.75) is 25.8 Å². The Balaban J connectivity index is 1.88. The second kappa shape index (κ2) is 4.88. The van der Waals surface area contributed by atoms with Crippen LogP contribution in [0.5, 0.6) is 0 Å². The molecule has 0 saturated carbocycles. The van der Waals surface area contributed by atoms with Gasteiger partial charge in [-0.15, -0.1) is 0 Å². The Kier molecular flexibility index (Phi) is 2.88. The van der Waals surface area contributed by atoms with Gasteiger partial charge in [0.05, 0.1) is 18.1 Å². The molecule has 0 amide bonds. The van der Waals surface area contributed by atoms with Crippen LogP contribution in [0.2, 0.25) is 0 Å². The third-order valence-corrected chi connectivity index (χ3v) is 4.26. The summed E-state index contributed by atoms with van der Waals surface area (Å²) in [5, 5.41) is 0. The molecule has 0 unspecified atom stereocenters. The van der Waals surface area contributed by atoms with Gasteiger partial charge in [-0.05, 0) is 28.7 Å². The Bertz CT molecular complexity index is 740. The predicted octanol–water partition coefficient (Wildman–Crippen LogP) is 4.45. The Hall–Kier alpha value is -2.35. The van der Waals surface area contributed by atoms with E-state index in [1.165, 1.54) is 27.9 Å². The molecule has 104 valence electrons. The Morgan fingerprint density at radius 1 is 0.952 bits per heavy atom. The van der Waals surface area contributed by atoms with Crippen LogP contribution in [0.25, 0.3) is 11.1 Å². The van der Waals surface area contributed by atoms with E-state index in [2.05, 4.69) is 71.2 Å². The lowest BCUT2D eigenvalue weighted by Gasteiger charge is -2.15. The van der Waals surface area contributed by atoms with Gasteiger partial charge in [0.25, 0.3) is 0 Å². The molecule has 3 aromatic rings. The summed E-state index contributed by atoms with van der Waals surface area (Å²) < 4.78 is 2.26. The largest absolute Gasteiger partial charge is 0.326 e. The van der Waals surface area contributed by atoms with Crippen molar-refractivity contribution in [3.63, 3.8) is 0 Å². The van der Waals surface area contributed by atoms with E-state index >= 15 is 0 Å². The summed E-state index contributed by atoms with van der Waals surface area (Å²) in [5.41, 5.74) is 6.63. The average Bonchev–Trinajstić information content (AvgIpc) is 3.10. The molecule has 2 aromatic carbocycles. The minimum atomic E-state index is 0.260. The highest BCUT2D eigenvalue weighted by atomic mass is 15.1. The van der Waals surface area contributed by atoms with Gasteiger partial charge in [-0.2, -0.15) is 0 Å². The second-order valence-corrected chi connectivity index (χ2v) is 5.64. The number of rotatable bonds is 3. The first-order valence-electron chi connectivity index (χ1n) is 7.59. The van der Waals surface area contributed by atoms with E-state index in [0.717, 1.165) is 12.8 Å². The van der Waals surface area contributed by atoms with E-state index in [-0.39, 0.29) is 6.04 Å². The molecule has 0 N–H and O–H groups in total. The van der Waals surface area contributed by atoms with Gasteiger partial charge in [-0.25, -0.2) is 4.98 Å². The van der Waals surface area contributed by atoms with Gasteiger partial charge in [0.2, 0.25) is 0 Å².